The smallest absolute Gasteiger partial charge is 0.330 e. The fraction of sp³-hybridized carbons (Fsp3) is 0.643. The summed E-state index contributed by atoms with van der Waals surface area (Å²) in [5, 5.41) is 19.6. The molecular formula is C14H19FN2O7. The van der Waals surface area contributed by atoms with Gasteiger partial charge in [0.25, 0.3) is 11.4 Å². The van der Waals surface area contributed by atoms with Gasteiger partial charge in [0.15, 0.2) is 12.3 Å². The first kappa shape index (κ1) is 18.3. The van der Waals surface area contributed by atoms with Crippen molar-refractivity contribution in [2.24, 2.45) is 5.92 Å². The number of ether oxygens (including phenoxy) is 2. The normalized spacial score (nSPS) is 29.8. The molecule has 2 heterocycles. The predicted molar refractivity (Wildman–Crippen MR) is 77.7 cm³/mol. The van der Waals surface area contributed by atoms with Gasteiger partial charge in [-0.05, 0) is 0 Å². The molecule has 2 rings (SSSR count). The first-order valence-corrected chi connectivity index (χ1v) is 7.31. The van der Waals surface area contributed by atoms with Crippen LogP contribution in [0.25, 0.3) is 0 Å². The molecule has 1 aliphatic rings. The molecule has 0 radical (unpaired) electrons. The Balaban J connectivity index is 2.30. The molecule has 0 saturated carbocycles. The molecule has 0 unspecified atom stereocenters. The van der Waals surface area contributed by atoms with Gasteiger partial charge in [-0.1, -0.05) is 13.8 Å². The lowest BCUT2D eigenvalue weighted by Crippen LogP contribution is -2.48. The molecule has 1 aliphatic heterocycles. The van der Waals surface area contributed by atoms with E-state index in [1.165, 1.54) is 0 Å². The highest BCUT2D eigenvalue weighted by molar-refractivity contribution is 5.71. The van der Waals surface area contributed by atoms with Crippen molar-refractivity contribution in [3.05, 3.63) is 33.1 Å². The van der Waals surface area contributed by atoms with Crippen LogP contribution in [0.4, 0.5) is 4.39 Å². The van der Waals surface area contributed by atoms with Crippen LogP contribution in [0, 0.1) is 5.92 Å². The number of carbonyl (C=O) groups excluding carboxylic acids is 1. The van der Waals surface area contributed by atoms with Crippen molar-refractivity contribution in [2.75, 3.05) is 13.2 Å². The molecule has 1 aromatic heterocycles. The van der Waals surface area contributed by atoms with Crippen molar-refractivity contribution in [1.82, 2.24) is 9.55 Å². The molecule has 0 spiro atoms. The second kappa shape index (κ2) is 6.46. The summed E-state index contributed by atoms with van der Waals surface area (Å²) >= 11 is 0. The number of alkyl halides is 1. The Morgan fingerprint density at radius 1 is 1.58 bits per heavy atom. The molecule has 3 N–H and O–H groups in total. The highest BCUT2D eigenvalue weighted by Crippen LogP contribution is 2.41. The van der Waals surface area contributed by atoms with Crippen LogP contribution in [0.1, 0.15) is 20.3 Å². The highest BCUT2D eigenvalue weighted by Gasteiger charge is 2.58. The third-order valence-electron chi connectivity index (χ3n) is 3.76. The van der Waals surface area contributed by atoms with Crippen molar-refractivity contribution in [3.8, 4) is 0 Å². The summed E-state index contributed by atoms with van der Waals surface area (Å²) in [4.78, 5) is 36.4. The molecule has 0 bridgehead atoms. The SMILES string of the molecule is CC(C)C(=O)OC[C@@]1(F)O[C@@](CO)(n2ccc(=O)[nH]c2=O)C[C@@H]1O. The Kier molecular flexibility index (Phi) is 4.92. The van der Waals surface area contributed by atoms with Gasteiger partial charge < -0.3 is 19.7 Å². The molecule has 1 aromatic rings. The summed E-state index contributed by atoms with van der Waals surface area (Å²) in [6.45, 7) is 1.36. The third-order valence-corrected chi connectivity index (χ3v) is 3.76. The minimum atomic E-state index is -2.80. The van der Waals surface area contributed by atoms with Crippen LogP contribution in [0.3, 0.4) is 0 Å². The van der Waals surface area contributed by atoms with Crippen molar-refractivity contribution < 1.29 is 28.9 Å². The van der Waals surface area contributed by atoms with E-state index in [9.17, 15) is 29.0 Å². The quantitative estimate of drug-likeness (QED) is 0.572. The molecule has 0 amide bonds. The van der Waals surface area contributed by atoms with Crippen LogP contribution in [0.2, 0.25) is 0 Å². The van der Waals surface area contributed by atoms with Gasteiger partial charge in [0, 0.05) is 18.7 Å². The van der Waals surface area contributed by atoms with E-state index >= 15 is 0 Å². The molecule has 1 fully saturated rings. The number of hydrogen-bond acceptors (Lipinski definition) is 7. The minimum Gasteiger partial charge on any atom is -0.459 e. The Morgan fingerprint density at radius 3 is 2.79 bits per heavy atom. The van der Waals surface area contributed by atoms with Crippen LogP contribution in [-0.2, 0) is 20.0 Å². The number of nitrogens with zero attached hydrogens (tertiary/aromatic N) is 1. The van der Waals surface area contributed by atoms with Gasteiger partial charge in [0.1, 0.15) is 6.10 Å². The van der Waals surface area contributed by atoms with E-state index < -0.39 is 60.5 Å². The van der Waals surface area contributed by atoms with Gasteiger partial charge in [-0.15, -0.1) is 0 Å². The minimum absolute atomic E-state index is 0.481. The zero-order valence-corrected chi connectivity index (χ0v) is 13.2. The average Bonchev–Trinajstić information content (AvgIpc) is 2.77. The van der Waals surface area contributed by atoms with Crippen molar-refractivity contribution in [3.63, 3.8) is 0 Å². The number of H-pyrrole nitrogens is 1. The molecule has 9 nitrogen and oxygen atoms in total. The first-order chi connectivity index (χ1) is 11.1. The largest absolute Gasteiger partial charge is 0.459 e. The molecule has 0 aliphatic carbocycles. The number of rotatable bonds is 5. The summed E-state index contributed by atoms with van der Waals surface area (Å²) in [5.41, 5.74) is -3.55. The standard InChI is InChI=1S/C14H19FN2O7/c1-8(2)11(21)23-7-14(15)9(19)5-13(6-18,24-14)17-4-3-10(20)16-12(17)22/h3-4,8-9,18-19H,5-7H2,1-2H3,(H,16,20,22)/t9-,13-,14+/m0/s1. The first-order valence-electron chi connectivity index (χ1n) is 7.31. The lowest BCUT2D eigenvalue weighted by molar-refractivity contribution is -0.255. The molecule has 3 atom stereocenters. The van der Waals surface area contributed by atoms with Gasteiger partial charge >= 0.3 is 11.7 Å². The van der Waals surface area contributed by atoms with Gasteiger partial charge in [-0.25, -0.2) is 9.18 Å². The van der Waals surface area contributed by atoms with E-state index in [0.29, 0.717) is 0 Å². The summed E-state index contributed by atoms with van der Waals surface area (Å²) in [5.74, 6) is -4.00. The van der Waals surface area contributed by atoms with Crippen LogP contribution in [0.15, 0.2) is 21.9 Å². The van der Waals surface area contributed by atoms with Crippen LogP contribution in [-0.4, -0.2) is 50.9 Å². The lowest BCUT2D eigenvalue weighted by Gasteiger charge is -2.30. The van der Waals surface area contributed by atoms with Crippen molar-refractivity contribution in [2.45, 2.75) is 38.0 Å². The van der Waals surface area contributed by atoms with Crippen molar-refractivity contribution in [1.29, 1.82) is 0 Å². The number of aliphatic hydroxyl groups excluding tert-OH is 2. The van der Waals surface area contributed by atoms with E-state index in [1.807, 2.05) is 4.98 Å². The maximum atomic E-state index is 14.9. The van der Waals surface area contributed by atoms with Crippen LogP contribution in [0.5, 0.6) is 0 Å². The van der Waals surface area contributed by atoms with E-state index in [0.717, 1.165) is 16.8 Å². The van der Waals surface area contributed by atoms with Gasteiger partial charge in [-0.3, -0.25) is 19.1 Å². The number of aliphatic hydroxyl groups is 2. The Bertz CT molecular complexity index is 730. The Hall–Kier alpha value is -2.04. The maximum Gasteiger partial charge on any atom is 0.330 e. The number of halogens is 1. The highest BCUT2D eigenvalue weighted by atomic mass is 19.2. The van der Waals surface area contributed by atoms with Gasteiger partial charge in [0.05, 0.1) is 12.5 Å². The Labute approximate surface area is 135 Å². The van der Waals surface area contributed by atoms with E-state index in [2.05, 4.69) is 0 Å². The average molecular weight is 346 g/mol. The summed E-state index contributed by atoms with van der Waals surface area (Å²) < 4.78 is 25.5. The second-order valence-corrected chi connectivity index (χ2v) is 5.96. The van der Waals surface area contributed by atoms with E-state index in [1.54, 1.807) is 13.8 Å². The maximum absolute atomic E-state index is 14.9. The zero-order valence-electron chi connectivity index (χ0n) is 13.2. The number of hydrogen-bond donors (Lipinski definition) is 3. The van der Waals surface area contributed by atoms with Crippen LogP contribution >= 0.6 is 0 Å². The van der Waals surface area contributed by atoms with Gasteiger partial charge in [-0.2, -0.15) is 0 Å². The monoisotopic (exact) mass is 346 g/mol. The zero-order chi connectivity index (χ0) is 18.1. The predicted octanol–water partition coefficient (Wildman–Crippen LogP) is -1.17. The lowest BCUT2D eigenvalue weighted by atomic mass is 10.1. The summed E-state index contributed by atoms with van der Waals surface area (Å²) in [6, 6.07) is 0.992. The third kappa shape index (κ3) is 3.25. The van der Waals surface area contributed by atoms with Crippen molar-refractivity contribution >= 4 is 5.97 Å². The fourth-order valence-corrected chi connectivity index (χ4v) is 2.40. The number of aromatic nitrogens is 2. The number of carbonyl (C=O) groups is 1. The van der Waals surface area contributed by atoms with E-state index in [4.69, 9.17) is 9.47 Å². The number of aromatic amines is 1. The molecule has 10 heteroatoms. The van der Waals surface area contributed by atoms with Crippen LogP contribution < -0.4 is 11.2 Å². The number of nitrogens with one attached hydrogen (secondary N) is 1. The van der Waals surface area contributed by atoms with Gasteiger partial charge in [0.2, 0.25) is 0 Å². The molecule has 134 valence electrons. The molecule has 0 aromatic carbocycles. The molecular weight excluding hydrogens is 327 g/mol. The van der Waals surface area contributed by atoms with E-state index in [-0.39, 0.29) is 0 Å². The topological polar surface area (TPSA) is 131 Å². The fourth-order valence-electron chi connectivity index (χ4n) is 2.40. The second-order valence-electron chi connectivity index (χ2n) is 5.96. The Morgan fingerprint density at radius 2 is 2.25 bits per heavy atom. The molecule has 1 saturated heterocycles. The molecule has 24 heavy (non-hydrogen) atoms. The summed E-state index contributed by atoms with van der Waals surface area (Å²) in [7, 11) is 0. The summed E-state index contributed by atoms with van der Waals surface area (Å²) in [6.07, 6.45) is -1.22. The number of esters is 1.